The van der Waals surface area contributed by atoms with Crippen LogP contribution in [0, 0.1) is 13.8 Å². The van der Waals surface area contributed by atoms with Gasteiger partial charge in [0, 0.05) is 5.92 Å². The fraction of sp³-hybridized carbons (Fsp3) is 0.429. The van der Waals surface area contributed by atoms with Gasteiger partial charge in [-0.25, -0.2) is 0 Å². The van der Waals surface area contributed by atoms with E-state index < -0.39 is 0 Å². The second-order valence-electron chi connectivity index (χ2n) is 4.17. The molecule has 0 nitrogen and oxygen atoms in total. The summed E-state index contributed by atoms with van der Waals surface area (Å²) in [6.45, 7) is 12.7. The predicted octanol–water partition coefficient (Wildman–Crippen LogP) is 4.37. The van der Waals surface area contributed by atoms with Crippen molar-refractivity contribution in [2.75, 3.05) is 0 Å². The van der Waals surface area contributed by atoms with Gasteiger partial charge in [-0.05, 0) is 38.3 Å². The van der Waals surface area contributed by atoms with Crippen LogP contribution in [0.15, 0.2) is 30.4 Å². The first-order valence-electron chi connectivity index (χ1n) is 5.28. The van der Waals surface area contributed by atoms with Crippen molar-refractivity contribution < 1.29 is 0 Å². The second kappa shape index (κ2) is 4.45. The molecule has 0 aromatic heterocycles. The maximum atomic E-state index is 4.07. The molecule has 1 aromatic carbocycles. The molecular formula is C14H20. The topological polar surface area (TPSA) is 0 Å². The van der Waals surface area contributed by atoms with E-state index in [9.17, 15) is 0 Å². The number of hydrogen-bond acceptors (Lipinski definition) is 0. The summed E-state index contributed by atoms with van der Waals surface area (Å²) in [5.41, 5.74) is 5.42. The van der Waals surface area contributed by atoms with Crippen LogP contribution in [0.3, 0.4) is 0 Å². The quantitative estimate of drug-likeness (QED) is 0.618. The number of aryl methyl sites for hydroxylation is 2. The zero-order valence-corrected chi connectivity index (χ0v) is 9.72. The van der Waals surface area contributed by atoms with Gasteiger partial charge in [-0.2, -0.15) is 0 Å². The lowest BCUT2D eigenvalue weighted by Crippen LogP contribution is -2.00. The zero-order valence-electron chi connectivity index (χ0n) is 9.72. The molecule has 0 bridgehead atoms. The highest BCUT2D eigenvalue weighted by Crippen LogP contribution is 2.29. The number of benzene rings is 1. The third-order valence-electron chi connectivity index (χ3n) is 2.80. The van der Waals surface area contributed by atoms with Crippen molar-refractivity contribution in [1.29, 1.82) is 0 Å². The number of allylic oxidation sites excluding steroid dienone is 1. The molecule has 0 saturated carbocycles. The Labute approximate surface area is 87.7 Å². The van der Waals surface area contributed by atoms with E-state index in [1.165, 1.54) is 22.3 Å². The normalized spacial score (nSPS) is 12.6. The third-order valence-corrected chi connectivity index (χ3v) is 2.80. The summed E-state index contributed by atoms with van der Waals surface area (Å²) in [7, 11) is 0. The van der Waals surface area contributed by atoms with Gasteiger partial charge >= 0.3 is 0 Å². The summed E-state index contributed by atoms with van der Waals surface area (Å²) < 4.78 is 0. The molecule has 1 aromatic rings. The van der Waals surface area contributed by atoms with Crippen molar-refractivity contribution in [1.82, 2.24) is 0 Å². The van der Waals surface area contributed by atoms with Crippen molar-refractivity contribution in [3.63, 3.8) is 0 Å². The zero-order chi connectivity index (χ0) is 10.7. The van der Waals surface area contributed by atoms with Crippen LogP contribution in [0.4, 0.5) is 0 Å². The van der Waals surface area contributed by atoms with Crippen molar-refractivity contribution in [3.8, 4) is 0 Å². The molecule has 0 unspecified atom stereocenters. The Kier molecular flexibility index (Phi) is 3.51. The van der Waals surface area contributed by atoms with Gasteiger partial charge in [0.05, 0.1) is 0 Å². The largest absolute Gasteiger partial charge is 0.0995 e. The van der Waals surface area contributed by atoms with Crippen LogP contribution in [0.1, 0.15) is 42.9 Å². The highest BCUT2D eigenvalue weighted by atomic mass is 14.2. The van der Waals surface area contributed by atoms with E-state index in [4.69, 9.17) is 0 Å². The van der Waals surface area contributed by atoms with E-state index in [1.54, 1.807) is 0 Å². The molecule has 0 aliphatic carbocycles. The van der Waals surface area contributed by atoms with Gasteiger partial charge < -0.3 is 0 Å². The minimum absolute atomic E-state index is 0.524. The van der Waals surface area contributed by atoms with Crippen LogP contribution in [0.5, 0.6) is 0 Å². The first-order valence-corrected chi connectivity index (χ1v) is 5.28. The van der Waals surface area contributed by atoms with E-state index in [0.717, 1.165) is 6.42 Å². The van der Waals surface area contributed by atoms with Crippen LogP contribution in [0.2, 0.25) is 0 Å². The van der Waals surface area contributed by atoms with Gasteiger partial charge in [0.15, 0.2) is 0 Å². The summed E-state index contributed by atoms with van der Waals surface area (Å²) >= 11 is 0. The fourth-order valence-corrected chi connectivity index (χ4v) is 2.05. The maximum Gasteiger partial charge on any atom is 0.00427 e. The molecule has 1 rings (SSSR count). The van der Waals surface area contributed by atoms with Gasteiger partial charge in [0.25, 0.3) is 0 Å². The van der Waals surface area contributed by atoms with E-state index in [0.29, 0.717) is 5.92 Å². The summed E-state index contributed by atoms with van der Waals surface area (Å²) in [5, 5.41) is 0. The summed E-state index contributed by atoms with van der Waals surface area (Å²) in [6, 6.07) is 6.68. The molecular weight excluding hydrogens is 168 g/mol. The standard InChI is InChI=1S/C14H20/c1-6-13(10(2)3)14-8-7-11(4)9-12(14)5/h7-9,13H,2,6H2,1,3-5H3/t13-/m0/s1. The van der Waals surface area contributed by atoms with Crippen molar-refractivity contribution in [2.45, 2.75) is 40.0 Å². The van der Waals surface area contributed by atoms with Crippen LogP contribution < -0.4 is 0 Å². The summed E-state index contributed by atoms with van der Waals surface area (Å²) in [5.74, 6) is 0.524. The predicted molar refractivity (Wildman–Crippen MR) is 63.8 cm³/mol. The summed E-state index contributed by atoms with van der Waals surface area (Å²) in [6.07, 6.45) is 1.14. The highest BCUT2D eigenvalue weighted by Gasteiger charge is 2.11. The number of hydrogen-bond donors (Lipinski definition) is 0. The second-order valence-corrected chi connectivity index (χ2v) is 4.17. The molecule has 0 radical (unpaired) electrons. The number of rotatable bonds is 3. The van der Waals surface area contributed by atoms with E-state index >= 15 is 0 Å². The van der Waals surface area contributed by atoms with Crippen molar-refractivity contribution >= 4 is 0 Å². The fourth-order valence-electron chi connectivity index (χ4n) is 2.05. The Bertz CT molecular complexity index is 334. The van der Waals surface area contributed by atoms with Crippen LogP contribution >= 0.6 is 0 Å². The molecule has 0 fully saturated rings. The molecule has 0 aliphatic rings. The minimum atomic E-state index is 0.524. The Morgan fingerprint density at radius 2 is 2.00 bits per heavy atom. The lowest BCUT2D eigenvalue weighted by Gasteiger charge is -2.18. The molecule has 0 heteroatoms. The SMILES string of the molecule is C=C(C)[C@H](CC)c1ccc(C)cc1C. The first-order chi connectivity index (χ1) is 6.56. The molecule has 1 atom stereocenters. The Morgan fingerprint density at radius 3 is 2.43 bits per heavy atom. The molecule has 76 valence electrons. The summed E-state index contributed by atoms with van der Waals surface area (Å²) in [4.78, 5) is 0. The Morgan fingerprint density at radius 1 is 1.36 bits per heavy atom. The van der Waals surface area contributed by atoms with Crippen LogP contribution in [-0.2, 0) is 0 Å². The van der Waals surface area contributed by atoms with Crippen LogP contribution in [-0.4, -0.2) is 0 Å². The Balaban J connectivity index is 3.10. The smallest absolute Gasteiger partial charge is 0.00427 e. The molecule has 0 amide bonds. The molecule has 0 spiro atoms. The molecule has 0 saturated heterocycles. The van der Waals surface area contributed by atoms with Crippen molar-refractivity contribution in [3.05, 3.63) is 47.0 Å². The monoisotopic (exact) mass is 188 g/mol. The lowest BCUT2D eigenvalue weighted by atomic mass is 9.87. The third kappa shape index (κ3) is 2.25. The molecule has 14 heavy (non-hydrogen) atoms. The van der Waals surface area contributed by atoms with Gasteiger partial charge in [0.1, 0.15) is 0 Å². The van der Waals surface area contributed by atoms with Crippen LogP contribution in [0.25, 0.3) is 0 Å². The maximum absolute atomic E-state index is 4.07. The first kappa shape index (κ1) is 11.0. The van der Waals surface area contributed by atoms with Gasteiger partial charge in [-0.3, -0.25) is 0 Å². The minimum Gasteiger partial charge on any atom is -0.0995 e. The lowest BCUT2D eigenvalue weighted by molar-refractivity contribution is 0.756. The van der Waals surface area contributed by atoms with Gasteiger partial charge in [0.2, 0.25) is 0 Å². The van der Waals surface area contributed by atoms with E-state index in [2.05, 4.69) is 52.5 Å². The van der Waals surface area contributed by atoms with Crippen molar-refractivity contribution in [2.24, 2.45) is 0 Å². The van der Waals surface area contributed by atoms with E-state index in [1.807, 2.05) is 0 Å². The highest BCUT2D eigenvalue weighted by molar-refractivity contribution is 5.36. The average Bonchev–Trinajstić information content (AvgIpc) is 2.09. The molecule has 0 heterocycles. The van der Waals surface area contributed by atoms with E-state index in [-0.39, 0.29) is 0 Å². The van der Waals surface area contributed by atoms with Gasteiger partial charge in [-0.1, -0.05) is 42.8 Å². The molecule has 0 aliphatic heterocycles. The molecule has 0 N–H and O–H groups in total. The Hall–Kier alpha value is -1.04. The van der Waals surface area contributed by atoms with Gasteiger partial charge in [-0.15, -0.1) is 0 Å². The average molecular weight is 188 g/mol.